The van der Waals surface area contributed by atoms with Crippen molar-refractivity contribution in [1.82, 2.24) is 4.90 Å². The third kappa shape index (κ3) is 2.49. The third-order valence-corrected chi connectivity index (χ3v) is 2.36. The van der Waals surface area contributed by atoms with Gasteiger partial charge in [-0.15, -0.1) is 13.2 Å². The van der Waals surface area contributed by atoms with Crippen molar-refractivity contribution in [3.8, 4) is 0 Å². The number of carbonyl (C=O) groups is 2. The molecule has 0 aromatic rings. The van der Waals surface area contributed by atoms with Crippen LogP contribution in [0.25, 0.3) is 0 Å². The molecule has 0 saturated carbocycles. The number of carboxylic acids is 1. The van der Waals surface area contributed by atoms with Crippen molar-refractivity contribution in [2.45, 2.75) is 25.1 Å². The highest BCUT2D eigenvalue weighted by Crippen LogP contribution is 2.25. The first kappa shape index (κ1) is 12.4. The molecule has 0 bridgehead atoms. The fourth-order valence-corrected chi connectivity index (χ4v) is 1.59. The molecule has 2 atom stereocenters. The van der Waals surface area contributed by atoms with Crippen LogP contribution in [0.5, 0.6) is 0 Å². The number of amides is 1. The minimum absolute atomic E-state index is 0.205. The molecule has 0 aromatic carbocycles. The van der Waals surface area contributed by atoms with Gasteiger partial charge < -0.3 is 14.7 Å². The smallest absolute Gasteiger partial charge is 0.326 e. The normalized spacial score (nSPS) is 21.1. The monoisotopic (exact) mass is 225 g/mol. The van der Waals surface area contributed by atoms with Crippen LogP contribution in [0.1, 0.15) is 12.8 Å². The number of likely N-dealkylation sites (tertiary alicyclic amines) is 1. The Bertz CT molecular complexity index is 313. The molecule has 1 rings (SSSR count). The lowest BCUT2D eigenvalue weighted by Crippen LogP contribution is -2.60. The first-order valence-corrected chi connectivity index (χ1v) is 4.99. The molecule has 2 unspecified atom stereocenters. The highest BCUT2D eigenvalue weighted by Gasteiger charge is 2.43. The summed E-state index contributed by atoms with van der Waals surface area (Å²) in [7, 11) is 0. The van der Waals surface area contributed by atoms with Gasteiger partial charge in [-0.05, 0) is 6.42 Å². The minimum atomic E-state index is -1.04. The summed E-state index contributed by atoms with van der Waals surface area (Å²) in [5.41, 5.74) is 0. The molecular weight excluding hydrogens is 210 g/mol. The molecular formula is C11H15NO4. The maximum atomic E-state index is 11.3. The van der Waals surface area contributed by atoms with Crippen molar-refractivity contribution < 1.29 is 19.4 Å². The Morgan fingerprint density at radius 2 is 2.31 bits per heavy atom. The van der Waals surface area contributed by atoms with Gasteiger partial charge in [0.2, 0.25) is 5.91 Å². The Balaban J connectivity index is 2.65. The second-order valence-corrected chi connectivity index (χ2v) is 3.46. The number of rotatable bonds is 7. The second kappa shape index (κ2) is 5.46. The molecule has 1 amide bonds. The van der Waals surface area contributed by atoms with Crippen LogP contribution in [0, 0.1) is 0 Å². The van der Waals surface area contributed by atoms with Gasteiger partial charge in [0.15, 0.2) is 0 Å². The van der Waals surface area contributed by atoms with Gasteiger partial charge in [-0.1, -0.05) is 12.2 Å². The fraction of sp³-hybridized carbons (Fsp3) is 0.455. The zero-order valence-electron chi connectivity index (χ0n) is 8.96. The maximum Gasteiger partial charge on any atom is 0.326 e. The van der Waals surface area contributed by atoms with E-state index < -0.39 is 18.2 Å². The van der Waals surface area contributed by atoms with Gasteiger partial charge >= 0.3 is 5.97 Å². The van der Waals surface area contributed by atoms with Gasteiger partial charge in [0, 0.05) is 0 Å². The number of ether oxygens (including phenoxy) is 1. The molecule has 0 spiro atoms. The number of hydrogen-bond acceptors (Lipinski definition) is 3. The van der Waals surface area contributed by atoms with Gasteiger partial charge in [0.25, 0.3) is 0 Å². The molecule has 1 aliphatic heterocycles. The van der Waals surface area contributed by atoms with Crippen molar-refractivity contribution in [2.24, 2.45) is 0 Å². The van der Waals surface area contributed by atoms with Crippen molar-refractivity contribution in [3.05, 3.63) is 25.3 Å². The Morgan fingerprint density at radius 3 is 2.75 bits per heavy atom. The summed E-state index contributed by atoms with van der Waals surface area (Å²) in [6.07, 6.45) is 3.04. The molecule has 1 fully saturated rings. The quantitative estimate of drug-likeness (QED) is 0.513. The topological polar surface area (TPSA) is 66.8 Å². The van der Waals surface area contributed by atoms with Gasteiger partial charge in [0.05, 0.1) is 13.0 Å². The number of carbonyl (C=O) groups excluding carboxylic acids is 1. The summed E-state index contributed by atoms with van der Waals surface area (Å²) >= 11 is 0. The highest BCUT2D eigenvalue weighted by molar-refractivity contribution is 5.88. The fourth-order valence-electron chi connectivity index (χ4n) is 1.59. The molecule has 0 aliphatic carbocycles. The van der Waals surface area contributed by atoms with E-state index in [-0.39, 0.29) is 18.7 Å². The summed E-state index contributed by atoms with van der Waals surface area (Å²) in [4.78, 5) is 23.6. The summed E-state index contributed by atoms with van der Waals surface area (Å²) in [5.74, 6) is -1.25. The van der Waals surface area contributed by atoms with E-state index in [9.17, 15) is 9.59 Å². The van der Waals surface area contributed by atoms with Gasteiger partial charge in [-0.3, -0.25) is 4.79 Å². The van der Waals surface area contributed by atoms with Gasteiger partial charge in [-0.2, -0.15) is 0 Å². The van der Waals surface area contributed by atoms with Crippen LogP contribution >= 0.6 is 0 Å². The zero-order chi connectivity index (χ0) is 12.1. The number of nitrogens with zero attached hydrogens (tertiary/aromatic N) is 1. The lowest BCUT2D eigenvalue weighted by Gasteiger charge is -2.42. The van der Waals surface area contributed by atoms with Crippen LogP contribution in [0.3, 0.4) is 0 Å². The van der Waals surface area contributed by atoms with Gasteiger partial charge in [0.1, 0.15) is 12.3 Å². The SMILES string of the molecule is C=CCOC1CC(=O)N1C(CC=C)C(=O)O. The second-order valence-electron chi connectivity index (χ2n) is 3.46. The largest absolute Gasteiger partial charge is 0.480 e. The van der Waals surface area contributed by atoms with E-state index in [1.165, 1.54) is 11.0 Å². The summed E-state index contributed by atoms with van der Waals surface area (Å²) < 4.78 is 5.28. The molecule has 1 aliphatic rings. The zero-order valence-corrected chi connectivity index (χ0v) is 8.96. The van der Waals surface area contributed by atoms with E-state index in [0.717, 1.165) is 0 Å². The number of carboxylic acid groups (broad SMARTS) is 1. The van der Waals surface area contributed by atoms with E-state index in [0.29, 0.717) is 6.61 Å². The van der Waals surface area contributed by atoms with Crippen LogP contribution in [-0.2, 0) is 14.3 Å². The number of hydrogen-bond donors (Lipinski definition) is 1. The molecule has 5 nitrogen and oxygen atoms in total. The molecule has 1 N–H and O–H groups in total. The lowest BCUT2D eigenvalue weighted by atomic mass is 10.0. The van der Waals surface area contributed by atoms with Gasteiger partial charge in [-0.25, -0.2) is 4.79 Å². The average Bonchev–Trinajstić information content (AvgIpc) is 2.23. The summed E-state index contributed by atoms with van der Waals surface area (Å²) in [6.45, 7) is 7.27. The van der Waals surface area contributed by atoms with E-state index >= 15 is 0 Å². The maximum absolute atomic E-state index is 11.3. The van der Waals surface area contributed by atoms with Crippen molar-refractivity contribution in [1.29, 1.82) is 0 Å². The molecule has 16 heavy (non-hydrogen) atoms. The Morgan fingerprint density at radius 1 is 1.62 bits per heavy atom. The first-order valence-electron chi connectivity index (χ1n) is 4.99. The molecule has 0 radical (unpaired) electrons. The third-order valence-electron chi connectivity index (χ3n) is 2.36. The highest BCUT2D eigenvalue weighted by atomic mass is 16.5. The predicted molar refractivity (Wildman–Crippen MR) is 57.6 cm³/mol. The van der Waals surface area contributed by atoms with E-state index in [1.54, 1.807) is 6.08 Å². The van der Waals surface area contributed by atoms with E-state index in [1.807, 2.05) is 0 Å². The van der Waals surface area contributed by atoms with E-state index in [2.05, 4.69) is 13.2 Å². The van der Waals surface area contributed by atoms with Crippen molar-refractivity contribution in [3.63, 3.8) is 0 Å². The number of β-lactam (4-membered cyclic amide) rings is 1. The Labute approximate surface area is 94.0 Å². The predicted octanol–water partition coefficient (Wildman–Crippen LogP) is 0.777. The van der Waals surface area contributed by atoms with Crippen LogP contribution in [-0.4, -0.2) is 40.8 Å². The van der Waals surface area contributed by atoms with Crippen LogP contribution in [0.2, 0.25) is 0 Å². The van der Waals surface area contributed by atoms with Crippen LogP contribution < -0.4 is 0 Å². The average molecular weight is 225 g/mol. The minimum Gasteiger partial charge on any atom is -0.480 e. The van der Waals surface area contributed by atoms with Crippen LogP contribution in [0.4, 0.5) is 0 Å². The number of aliphatic carboxylic acids is 1. The molecule has 1 heterocycles. The summed E-state index contributed by atoms with van der Waals surface area (Å²) in [5, 5.41) is 8.98. The molecule has 0 aromatic heterocycles. The van der Waals surface area contributed by atoms with Crippen molar-refractivity contribution in [2.75, 3.05) is 6.61 Å². The Kier molecular flexibility index (Phi) is 4.25. The van der Waals surface area contributed by atoms with E-state index in [4.69, 9.17) is 9.84 Å². The lowest BCUT2D eigenvalue weighted by molar-refractivity contribution is -0.186. The molecule has 5 heteroatoms. The standard InChI is InChI=1S/C11H15NO4/c1-3-5-8(11(14)15)12-9(13)7-10(12)16-6-4-2/h3-4,8,10H,1-2,5-7H2,(H,14,15). The van der Waals surface area contributed by atoms with Crippen LogP contribution in [0.15, 0.2) is 25.3 Å². The summed E-state index contributed by atoms with van der Waals surface area (Å²) in [6, 6.07) is -0.881. The van der Waals surface area contributed by atoms with Crippen molar-refractivity contribution >= 4 is 11.9 Å². The molecule has 88 valence electrons. The Hall–Kier alpha value is -1.62. The first-order chi connectivity index (χ1) is 7.61. The molecule has 1 saturated heterocycles.